The van der Waals surface area contributed by atoms with Crippen LogP contribution in [-0.4, -0.2) is 37.1 Å². The fourth-order valence-corrected chi connectivity index (χ4v) is 1.13. The van der Waals surface area contributed by atoms with E-state index in [9.17, 15) is 4.79 Å². The van der Waals surface area contributed by atoms with Crippen molar-refractivity contribution < 1.29 is 9.53 Å². The molecule has 12 heavy (non-hydrogen) atoms. The Morgan fingerprint density at radius 2 is 2.17 bits per heavy atom. The van der Waals surface area contributed by atoms with Crippen LogP contribution in [0.25, 0.3) is 0 Å². The van der Waals surface area contributed by atoms with Gasteiger partial charge in [0.15, 0.2) is 0 Å². The molecule has 0 radical (unpaired) electrons. The molecule has 1 saturated heterocycles. The standard InChI is InChI=1S/C9H15NO2/c1-4-7(2)9(11)10-5-8(6-10)12-3/h4,8H,5-6H2,1-3H3/b7-4+. The van der Waals surface area contributed by atoms with Gasteiger partial charge in [-0.2, -0.15) is 0 Å². The van der Waals surface area contributed by atoms with Crippen molar-refractivity contribution in [3.05, 3.63) is 11.6 Å². The minimum Gasteiger partial charge on any atom is -0.378 e. The average Bonchev–Trinajstić information content (AvgIpc) is 2.01. The summed E-state index contributed by atoms with van der Waals surface area (Å²) in [6, 6.07) is 0. The number of allylic oxidation sites excluding steroid dienone is 1. The fourth-order valence-electron chi connectivity index (χ4n) is 1.13. The highest BCUT2D eigenvalue weighted by molar-refractivity contribution is 5.93. The Hall–Kier alpha value is -0.830. The number of hydrogen-bond donors (Lipinski definition) is 0. The molecule has 0 saturated carbocycles. The van der Waals surface area contributed by atoms with Crippen molar-refractivity contribution in [1.82, 2.24) is 4.90 Å². The van der Waals surface area contributed by atoms with Gasteiger partial charge in [-0.05, 0) is 13.8 Å². The quantitative estimate of drug-likeness (QED) is 0.572. The maximum absolute atomic E-state index is 11.4. The van der Waals surface area contributed by atoms with Crippen LogP contribution < -0.4 is 0 Å². The first-order valence-electron chi connectivity index (χ1n) is 4.14. The molecule has 1 fully saturated rings. The lowest BCUT2D eigenvalue weighted by Crippen LogP contribution is -2.54. The van der Waals surface area contributed by atoms with E-state index in [1.54, 1.807) is 12.0 Å². The summed E-state index contributed by atoms with van der Waals surface area (Å²) in [6.45, 7) is 5.18. The molecule has 3 nitrogen and oxygen atoms in total. The van der Waals surface area contributed by atoms with Crippen LogP contribution >= 0.6 is 0 Å². The van der Waals surface area contributed by atoms with Gasteiger partial charge in [-0.1, -0.05) is 6.08 Å². The third-order valence-corrected chi connectivity index (χ3v) is 2.24. The number of ether oxygens (including phenoxy) is 1. The monoisotopic (exact) mass is 169 g/mol. The first-order chi connectivity index (χ1) is 5.69. The topological polar surface area (TPSA) is 29.5 Å². The first-order valence-corrected chi connectivity index (χ1v) is 4.14. The highest BCUT2D eigenvalue weighted by Crippen LogP contribution is 2.13. The molecule has 0 bridgehead atoms. The lowest BCUT2D eigenvalue weighted by Gasteiger charge is -2.38. The molecule has 0 atom stereocenters. The van der Waals surface area contributed by atoms with Crippen molar-refractivity contribution in [2.45, 2.75) is 20.0 Å². The van der Waals surface area contributed by atoms with Crippen LogP contribution in [0.3, 0.4) is 0 Å². The first kappa shape index (κ1) is 9.26. The molecule has 0 unspecified atom stereocenters. The number of methoxy groups -OCH3 is 1. The van der Waals surface area contributed by atoms with Gasteiger partial charge in [0, 0.05) is 25.8 Å². The van der Waals surface area contributed by atoms with E-state index in [1.807, 2.05) is 19.9 Å². The van der Waals surface area contributed by atoms with Gasteiger partial charge in [-0.15, -0.1) is 0 Å². The van der Waals surface area contributed by atoms with Gasteiger partial charge in [-0.3, -0.25) is 4.79 Å². The Labute approximate surface area is 73.0 Å². The molecular weight excluding hydrogens is 154 g/mol. The Kier molecular flexibility index (Phi) is 2.87. The lowest BCUT2D eigenvalue weighted by molar-refractivity contribution is -0.138. The number of amides is 1. The highest BCUT2D eigenvalue weighted by atomic mass is 16.5. The molecule has 3 heteroatoms. The molecule has 1 aliphatic heterocycles. The summed E-state index contributed by atoms with van der Waals surface area (Å²) >= 11 is 0. The summed E-state index contributed by atoms with van der Waals surface area (Å²) in [5, 5.41) is 0. The van der Waals surface area contributed by atoms with Crippen molar-refractivity contribution >= 4 is 5.91 Å². The molecule has 0 aromatic rings. The summed E-state index contributed by atoms with van der Waals surface area (Å²) in [5.74, 6) is 0.130. The molecular formula is C9H15NO2. The third kappa shape index (κ3) is 1.67. The zero-order valence-corrected chi connectivity index (χ0v) is 7.83. The van der Waals surface area contributed by atoms with Crippen molar-refractivity contribution in [3.8, 4) is 0 Å². The van der Waals surface area contributed by atoms with Crippen molar-refractivity contribution in [2.75, 3.05) is 20.2 Å². The Morgan fingerprint density at radius 1 is 1.58 bits per heavy atom. The smallest absolute Gasteiger partial charge is 0.249 e. The number of likely N-dealkylation sites (tertiary alicyclic amines) is 1. The Morgan fingerprint density at radius 3 is 2.58 bits per heavy atom. The third-order valence-electron chi connectivity index (χ3n) is 2.24. The summed E-state index contributed by atoms with van der Waals surface area (Å²) in [4.78, 5) is 13.2. The van der Waals surface area contributed by atoms with Gasteiger partial charge in [0.2, 0.25) is 5.91 Å². The highest BCUT2D eigenvalue weighted by Gasteiger charge is 2.30. The minimum absolute atomic E-state index is 0.130. The van der Waals surface area contributed by atoms with E-state index in [1.165, 1.54) is 0 Å². The molecule has 1 rings (SSSR count). The van der Waals surface area contributed by atoms with Gasteiger partial charge in [0.05, 0.1) is 6.10 Å². The summed E-state index contributed by atoms with van der Waals surface area (Å²) in [6.07, 6.45) is 2.08. The van der Waals surface area contributed by atoms with E-state index in [-0.39, 0.29) is 12.0 Å². The predicted octanol–water partition coefficient (Wildman–Crippen LogP) is 0.810. The second-order valence-electron chi connectivity index (χ2n) is 3.04. The SMILES string of the molecule is C/C=C(\C)C(=O)N1CC(OC)C1. The normalized spacial score (nSPS) is 19.2. The van der Waals surface area contributed by atoms with Gasteiger partial charge >= 0.3 is 0 Å². The lowest BCUT2D eigenvalue weighted by atomic mass is 10.1. The van der Waals surface area contributed by atoms with E-state index in [4.69, 9.17) is 4.74 Å². The fraction of sp³-hybridized carbons (Fsp3) is 0.667. The van der Waals surface area contributed by atoms with E-state index in [2.05, 4.69) is 0 Å². The Bertz CT molecular complexity index is 205. The molecule has 0 aromatic heterocycles. The van der Waals surface area contributed by atoms with E-state index in [0.717, 1.165) is 18.7 Å². The number of nitrogens with zero attached hydrogens (tertiary/aromatic N) is 1. The van der Waals surface area contributed by atoms with Crippen LogP contribution in [-0.2, 0) is 9.53 Å². The van der Waals surface area contributed by atoms with Crippen LogP contribution in [0.4, 0.5) is 0 Å². The predicted molar refractivity (Wildman–Crippen MR) is 46.8 cm³/mol. The number of carbonyl (C=O) groups is 1. The number of carbonyl (C=O) groups excluding carboxylic acids is 1. The molecule has 1 aliphatic rings. The summed E-state index contributed by atoms with van der Waals surface area (Å²) in [7, 11) is 1.68. The van der Waals surface area contributed by atoms with Gasteiger partial charge < -0.3 is 9.64 Å². The minimum atomic E-state index is 0.130. The van der Waals surface area contributed by atoms with Crippen LogP contribution in [0.1, 0.15) is 13.8 Å². The zero-order valence-electron chi connectivity index (χ0n) is 7.83. The van der Waals surface area contributed by atoms with Crippen LogP contribution in [0, 0.1) is 0 Å². The van der Waals surface area contributed by atoms with Crippen molar-refractivity contribution in [2.24, 2.45) is 0 Å². The molecule has 1 amide bonds. The zero-order chi connectivity index (χ0) is 9.14. The van der Waals surface area contributed by atoms with E-state index in [0.29, 0.717) is 0 Å². The molecule has 68 valence electrons. The van der Waals surface area contributed by atoms with Crippen LogP contribution in [0.2, 0.25) is 0 Å². The van der Waals surface area contributed by atoms with E-state index >= 15 is 0 Å². The van der Waals surface area contributed by atoms with Gasteiger partial charge in [0.25, 0.3) is 0 Å². The number of hydrogen-bond acceptors (Lipinski definition) is 2. The second-order valence-corrected chi connectivity index (χ2v) is 3.04. The van der Waals surface area contributed by atoms with Gasteiger partial charge in [0.1, 0.15) is 0 Å². The summed E-state index contributed by atoms with van der Waals surface area (Å²) in [5.41, 5.74) is 0.810. The van der Waals surface area contributed by atoms with Gasteiger partial charge in [-0.25, -0.2) is 0 Å². The van der Waals surface area contributed by atoms with Crippen LogP contribution in [0.5, 0.6) is 0 Å². The Balaban J connectivity index is 2.38. The maximum Gasteiger partial charge on any atom is 0.249 e. The van der Waals surface area contributed by atoms with Crippen molar-refractivity contribution in [3.63, 3.8) is 0 Å². The summed E-state index contributed by atoms with van der Waals surface area (Å²) < 4.78 is 5.07. The van der Waals surface area contributed by atoms with Crippen molar-refractivity contribution in [1.29, 1.82) is 0 Å². The molecule has 0 spiro atoms. The van der Waals surface area contributed by atoms with E-state index < -0.39 is 0 Å². The molecule has 0 aromatic carbocycles. The second kappa shape index (κ2) is 3.72. The number of rotatable bonds is 2. The maximum atomic E-state index is 11.4. The van der Waals surface area contributed by atoms with Crippen LogP contribution in [0.15, 0.2) is 11.6 Å². The largest absolute Gasteiger partial charge is 0.378 e. The molecule has 0 N–H and O–H groups in total. The molecule has 1 heterocycles. The average molecular weight is 169 g/mol. The molecule has 0 aliphatic carbocycles.